The third-order valence-corrected chi connectivity index (χ3v) is 5.50. The molecular formula is C19H15F3N6O2S. The zero-order chi connectivity index (χ0) is 22.2. The van der Waals surface area contributed by atoms with E-state index in [9.17, 15) is 21.6 Å². The average Bonchev–Trinajstić information content (AvgIpc) is 3.11. The zero-order valence-electron chi connectivity index (χ0n) is 16.0. The molecule has 0 spiro atoms. The number of rotatable bonds is 5. The van der Waals surface area contributed by atoms with E-state index in [2.05, 4.69) is 20.1 Å². The summed E-state index contributed by atoms with van der Waals surface area (Å²) >= 11 is 0. The molecule has 4 rings (SSSR count). The molecule has 0 bridgehead atoms. The van der Waals surface area contributed by atoms with Gasteiger partial charge in [0.05, 0.1) is 41.0 Å². The number of aromatic nitrogens is 5. The Morgan fingerprint density at radius 3 is 2.52 bits per heavy atom. The lowest BCUT2D eigenvalue weighted by molar-refractivity contribution is -0.106. The Kier molecular flexibility index (Phi) is 5.09. The van der Waals surface area contributed by atoms with Gasteiger partial charge in [-0.15, -0.1) is 0 Å². The first kappa shape index (κ1) is 20.7. The van der Waals surface area contributed by atoms with E-state index < -0.39 is 22.0 Å². The summed E-state index contributed by atoms with van der Waals surface area (Å²) in [5.41, 5.74) is 3.73. The topological polar surface area (TPSA) is 103 Å². The highest BCUT2D eigenvalue weighted by Crippen LogP contribution is 2.27. The molecule has 0 radical (unpaired) electrons. The van der Waals surface area contributed by atoms with Gasteiger partial charge in [0, 0.05) is 30.6 Å². The normalized spacial score (nSPS) is 12.3. The molecule has 3 heterocycles. The van der Waals surface area contributed by atoms with Crippen LogP contribution >= 0.6 is 0 Å². The molecule has 3 aromatic heterocycles. The molecule has 0 atom stereocenters. The van der Waals surface area contributed by atoms with Crippen LogP contribution < -0.4 is 4.72 Å². The van der Waals surface area contributed by atoms with Crippen molar-refractivity contribution in [1.29, 1.82) is 0 Å². The fraction of sp³-hybridized carbons (Fsp3) is 0.158. The molecule has 0 amide bonds. The maximum absolute atomic E-state index is 12.5. The number of aryl methyl sites for hydroxylation is 1. The molecule has 4 aromatic rings. The summed E-state index contributed by atoms with van der Waals surface area (Å²) in [6.45, 7) is 0. The maximum Gasteiger partial charge on any atom is 0.404 e. The lowest BCUT2D eigenvalue weighted by Crippen LogP contribution is -2.27. The van der Waals surface area contributed by atoms with Crippen LogP contribution in [0.2, 0.25) is 0 Å². The highest BCUT2D eigenvalue weighted by molar-refractivity contribution is 7.92. The van der Waals surface area contributed by atoms with Gasteiger partial charge in [-0.25, -0.2) is 13.4 Å². The van der Waals surface area contributed by atoms with Gasteiger partial charge in [-0.1, -0.05) is 6.07 Å². The van der Waals surface area contributed by atoms with Crippen LogP contribution in [0.25, 0.3) is 33.4 Å². The van der Waals surface area contributed by atoms with E-state index in [0.717, 1.165) is 11.8 Å². The number of hydrogen-bond acceptors (Lipinski definition) is 6. The van der Waals surface area contributed by atoms with E-state index >= 15 is 0 Å². The van der Waals surface area contributed by atoms with Gasteiger partial charge in [0.2, 0.25) is 10.0 Å². The Hall–Kier alpha value is -3.54. The van der Waals surface area contributed by atoms with Crippen molar-refractivity contribution in [3.05, 3.63) is 55.2 Å². The number of anilines is 1. The zero-order valence-corrected chi connectivity index (χ0v) is 16.8. The summed E-state index contributed by atoms with van der Waals surface area (Å²) < 4.78 is 64.4. The van der Waals surface area contributed by atoms with E-state index in [1.807, 2.05) is 4.72 Å². The Balaban J connectivity index is 1.66. The van der Waals surface area contributed by atoms with Crippen LogP contribution in [0.15, 0.2) is 55.2 Å². The number of sulfonamides is 1. The van der Waals surface area contributed by atoms with Gasteiger partial charge in [0.1, 0.15) is 0 Å². The number of alkyl halides is 3. The molecule has 0 aliphatic carbocycles. The predicted octanol–water partition coefficient (Wildman–Crippen LogP) is 3.40. The average molecular weight is 448 g/mol. The largest absolute Gasteiger partial charge is 0.404 e. The standard InChI is InChI=1S/C19H15F3N6O2S/c1-28-10-14(7-25-28)18-9-24-16-3-2-12(5-17(16)26-18)13-4-15(8-23-6-13)27-31(29,30)11-19(20,21)22/h2-10,27H,11H2,1H3. The molecule has 1 N–H and O–H groups in total. The Morgan fingerprint density at radius 1 is 1.00 bits per heavy atom. The second-order valence-corrected chi connectivity index (χ2v) is 8.52. The van der Waals surface area contributed by atoms with Crippen LogP contribution in [-0.2, 0) is 17.1 Å². The smallest absolute Gasteiger partial charge is 0.282 e. The summed E-state index contributed by atoms with van der Waals surface area (Å²) in [6.07, 6.45) is 2.87. The predicted molar refractivity (Wildman–Crippen MR) is 108 cm³/mol. The van der Waals surface area contributed by atoms with Gasteiger partial charge in [-0.2, -0.15) is 18.3 Å². The lowest BCUT2D eigenvalue weighted by atomic mass is 10.1. The van der Waals surface area contributed by atoms with Crippen LogP contribution in [0.1, 0.15) is 0 Å². The van der Waals surface area contributed by atoms with Crippen molar-refractivity contribution < 1.29 is 21.6 Å². The second-order valence-electron chi connectivity index (χ2n) is 6.80. The Labute approximate surface area is 174 Å². The van der Waals surface area contributed by atoms with Gasteiger partial charge in [-0.3, -0.25) is 19.4 Å². The third kappa shape index (κ3) is 4.97. The molecule has 12 heteroatoms. The van der Waals surface area contributed by atoms with E-state index in [4.69, 9.17) is 0 Å². The molecular weight excluding hydrogens is 433 g/mol. The monoisotopic (exact) mass is 448 g/mol. The molecule has 31 heavy (non-hydrogen) atoms. The third-order valence-electron chi connectivity index (χ3n) is 4.24. The summed E-state index contributed by atoms with van der Waals surface area (Å²) in [6, 6.07) is 6.63. The van der Waals surface area contributed by atoms with Crippen molar-refractivity contribution in [3.8, 4) is 22.4 Å². The van der Waals surface area contributed by atoms with E-state index in [0.29, 0.717) is 27.9 Å². The summed E-state index contributed by atoms with van der Waals surface area (Å²) in [5, 5.41) is 4.11. The van der Waals surface area contributed by atoms with E-state index in [1.54, 1.807) is 48.5 Å². The maximum atomic E-state index is 12.5. The molecule has 1 aromatic carbocycles. The van der Waals surface area contributed by atoms with Crippen molar-refractivity contribution in [3.63, 3.8) is 0 Å². The molecule has 160 valence electrons. The number of pyridine rings is 1. The fourth-order valence-electron chi connectivity index (χ4n) is 2.97. The Morgan fingerprint density at radius 2 is 1.81 bits per heavy atom. The lowest BCUT2D eigenvalue weighted by Gasteiger charge is -2.11. The minimum absolute atomic E-state index is 0.0722. The van der Waals surface area contributed by atoms with Crippen molar-refractivity contribution in [1.82, 2.24) is 24.7 Å². The summed E-state index contributed by atoms with van der Waals surface area (Å²) in [5.74, 6) is -1.98. The highest BCUT2D eigenvalue weighted by atomic mass is 32.2. The SMILES string of the molecule is Cn1cc(-c2cnc3ccc(-c4cncc(NS(=O)(=O)CC(F)(F)F)c4)cc3n2)cn1. The number of hydrogen-bond donors (Lipinski definition) is 1. The van der Waals surface area contributed by atoms with Crippen molar-refractivity contribution in [2.75, 3.05) is 10.5 Å². The number of nitrogens with zero attached hydrogens (tertiary/aromatic N) is 5. The minimum atomic E-state index is -4.85. The van der Waals surface area contributed by atoms with Crippen LogP contribution in [0.4, 0.5) is 18.9 Å². The molecule has 0 saturated heterocycles. The highest BCUT2D eigenvalue weighted by Gasteiger charge is 2.35. The summed E-state index contributed by atoms with van der Waals surface area (Å²) in [7, 11) is -2.81. The van der Waals surface area contributed by atoms with E-state index in [-0.39, 0.29) is 5.69 Å². The number of halogens is 3. The van der Waals surface area contributed by atoms with Crippen LogP contribution in [0.5, 0.6) is 0 Å². The first-order valence-corrected chi connectivity index (χ1v) is 10.5. The first-order valence-electron chi connectivity index (χ1n) is 8.86. The molecule has 0 fully saturated rings. The van der Waals surface area contributed by atoms with Gasteiger partial charge in [-0.05, 0) is 23.8 Å². The van der Waals surface area contributed by atoms with Crippen molar-refractivity contribution in [2.45, 2.75) is 6.18 Å². The van der Waals surface area contributed by atoms with Crippen LogP contribution in [-0.4, -0.2) is 45.1 Å². The second kappa shape index (κ2) is 7.61. The van der Waals surface area contributed by atoms with Gasteiger partial charge in [0.15, 0.2) is 5.75 Å². The van der Waals surface area contributed by atoms with Gasteiger partial charge < -0.3 is 0 Å². The fourth-order valence-corrected chi connectivity index (χ4v) is 3.94. The molecule has 0 aliphatic heterocycles. The molecule has 0 unspecified atom stereocenters. The molecule has 8 nitrogen and oxygen atoms in total. The Bertz CT molecular complexity index is 1370. The minimum Gasteiger partial charge on any atom is -0.282 e. The van der Waals surface area contributed by atoms with Crippen LogP contribution in [0.3, 0.4) is 0 Å². The van der Waals surface area contributed by atoms with Gasteiger partial charge >= 0.3 is 6.18 Å². The summed E-state index contributed by atoms with van der Waals surface area (Å²) in [4.78, 5) is 12.9. The van der Waals surface area contributed by atoms with Crippen LogP contribution in [0, 0.1) is 0 Å². The van der Waals surface area contributed by atoms with Gasteiger partial charge in [0.25, 0.3) is 0 Å². The number of fused-ring (bicyclic) bond motifs is 1. The number of benzene rings is 1. The van der Waals surface area contributed by atoms with Crippen molar-refractivity contribution >= 4 is 26.7 Å². The first-order chi connectivity index (χ1) is 14.6. The quantitative estimate of drug-likeness (QED) is 0.502. The van der Waals surface area contributed by atoms with Crippen molar-refractivity contribution in [2.24, 2.45) is 7.05 Å². The van der Waals surface area contributed by atoms with E-state index in [1.165, 1.54) is 12.3 Å². The molecule has 0 aliphatic rings. The number of nitrogens with one attached hydrogen (secondary N) is 1. The molecule has 0 saturated carbocycles.